The van der Waals surface area contributed by atoms with Crippen molar-refractivity contribution in [2.24, 2.45) is 5.92 Å². The van der Waals surface area contributed by atoms with Crippen molar-refractivity contribution in [1.82, 2.24) is 9.21 Å². The predicted molar refractivity (Wildman–Crippen MR) is 126 cm³/mol. The minimum atomic E-state index is -3.66. The molecule has 1 aliphatic rings. The third-order valence-corrected chi connectivity index (χ3v) is 8.82. The SMILES string of the molecule is Cc1cc(C)c(C)c(S(=O)(=O)N2CCC(C(=O)N(C)Cc3ccc(OC(F)F)cc3)CC2)c1C. The highest BCUT2D eigenvalue weighted by atomic mass is 32.2. The van der Waals surface area contributed by atoms with E-state index in [4.69, 9.17) is 0 Å². The van der Waals surface area contributed by atoms with E-state index in [2.05, 4.69) is 4.74 Å². The number of carbonyl (C=O) groups is 1. The molecule has 1 heterocycles. The van der Waals surface area contributed by atoms with Crippen LogP contribution in [-0.2, 0) is 21.4 Å². The topological polar surface area (TPSA) is 66.9 Å². The van der Waals surface area contributed by atoms with E-state index in [1.165, 1.54) is 16.4 Å². The largest absolute Gasteiger partial charge is 0.435 e. The van der Waals surface area contributed by atoms with E-state index < -0.39 is 16.6 Å². The molecule has 0 radical (unpaired) electrons. The van der Waals surface area contributed by atoms with Crippen molar-refractivity contribution in [1.29, 1.82) is 0 Å². The lowest BCUT2D eigenvalue weighted by Crippen LogP contribution is -2.43. The van der Waals surface area contributed by atoms with Crippen molar-refractivity contribution in [3.63, 3.8) is 0 Å². The molecule has 0 spiro atoms. The molecule has 0 bridgehead atoms. The smallest absolute Gasteiger partial charge is 0.387 e. The molecule has 1 saturated heterocycles. The van der Waals surface area contributed by atoms with Gasteiger partial charge in [-0.15, -0.1) is 0 Å². The summed E-state index contributed by atoms with van der Waals surface area (Å²) < 4.78 is 57.3. The highest BCUT2D eigenvalue weighted by molar-refractivity contribution is 7.89. The number of carbonyl (C=O) groups excluding carboxylic acids is 1. The fourth-order valence-corrected chi connectivity index (χ4v) is 6.53. The predicted octanol–water partition coefficient (Wildman–Crippen LogP) is 4.58. The van der Waals surface area contributed by atoms with Crippen molar-refractivity contribution in [2.45, 2.75) is 58.6 Å². The Bertz CT molecular complexity index is 1120. The number of rotatable bonds is 7. The average molecular weight is 495 g/mol. The maximum atomic E-state index is 13.5. The van der Waals surface area contributed by atoms with Crippen molar-refractivity contribution >= 4 is 15.9 Å². The molecule has 1 amide bonds. The summed E-state index contributed by atoms with van der Waals surface area (Å²) in [6.07, 6.45) is 0.902. The zero-order chi connectivity index (χ0) is 25.2. The Morgan fingerprint density at radius 3 is 2.09 bits per heavy atom. The number of hydrogen-bond donors (Lipinski definition) is 0. The number of nitrogens with zero attached hydrogens (tertiary/aromatic N) is 2. The number of sulfonamides is 1. The molecular weight excluding hydrogens is 462 g/mol. The van der Waals surface area contributed by atoms with E-state index in [9.17, 15) is 22.0 Å². The van der Waals surface area contributed by atoms with E-state index in [1.54, 1.807) is 24.1 Å². The first-order chi connectivity index (χ1) is 15.9. The molecule has 0 aromatic heterocycles. The number of hydrogen-bond acceptors (Lipinski definition) is 4. The number of aryl methyl sites for hydroxylation is 2. The zero-order valence-electron chi connectivity index (χ0n) is 20.3. The first kappa shape index (κ1) is 26.1. The van der Waals surface area contributed by atoms with E-state index >= 15 is 0 Å². The summed E-state index contributed by atoms with van der Waals surface area (Å²) in [4.78, 5) is 14.9. The molecule has 1 aliphatic heterocycles. The Balaban J connectivity index is 1.63. The van der Waals surface area contributed by atoms with Gasteiger partial charge < -0.3 is 9.64 Å². The molecule has 1 fully saturated rings. The number of amides is 1. The average Bonchev–Trinajstić information content (AvgIpc) is 2.78. The fraction of sp³-hybridized carbons (Fsp3) is 0.480. The van der Waals surface area contributed by atoms with E-state index in [0.29, 0.717) is 24.3 Å². The van der Waals surface area contributed by atoms with Crippen LogP contribution in [0.1, 0.15) is 40.7 Å². The van der Waals surface area contributed by atoms with Gasteiger partial charge in [-0.2, -0.15) is 13.1 Å². The zero-order valence-corrected chi connectivity index (χ0v) is 21.1. The van der Waals surface area contributed by atoms with Crippen molar-refractivity contribution in [2.75, 3.05) is 20.1 Å². The van der Waals surface area contributed by atoms with Crippen LogP contribution >= 0.6 is 0 Å². The Hall–Kier alpha value is -2.52. The molecule has 3 rings (SSSR count). The Morgan fingerprint density at radius 1 is 1.06 bits per heavy atom. The summed E-state index contributed by atoms with van der Waals surface area (Å²) in [5, 5.41) is 0. The minimum Gasteiger partial charge on any atom is -0.435 e. The lowest BCUT2D eigenvalue weighted by molar-refractivity contribution is -0.135. The molecule has 0 N–H and O–H groups in total. The monoisotopic (exact) mass is 494 g/mol. The number of ether oxygens (including phenoxy) is 1. The molecule has 186 valence electrons. The number of benzene rings is 2. The van der Waals surface area contributed by atoms with Gasteiger partial charge in [0.15, 0.2) is 0 Å². The van der Waals surface area contributed by atoms with Crippen LogP contribution in [0.3, 0.4) is 0 Å². The molecule has 2 aromatic carbocycles. The lowest BCUT2D eigenvalue weighted by Gasteiger charge is -2.33. The Kier molecular flexibility index (Phi) is 7.98. The van der Waals surface area contributed by atoms with E-state index in [-0.39, 0.29) is 30.7 Å². The van der Waals surface area contributed by atoms with Crippen molar-refractivity contribution in [3.05, 3.63) is 58.1 Å². The maximum absolute atomic E-state index is 13.5. The first-order valence-corrected chi connectivity index (χ1v) is 12.7. The van der Waals surface area contributed by atoms with Crippen molar-refractivity contribution < 1.29 is 26.7 Å². The third-order valence-electron chi connectivity index (χ3n) is 6.64. The summed E-state index contributed by atoms with van der Waals surface area (Å²) >= 11 is 0. The van der Waals surface area contributed by atoms with Crippen LogP contribution in [0, 0.1) is 33.6 Å². The van der Waals surface area contributed by atoms with Gasteiger partial charge in [0, 0.05) is 32.6 Å². The Morgan fingerprint density at radius 2 is 1.59 bits per heavy atom. The van der Waals surface area contributed by atoms with Gasteiger partial charge in [0.05, 0.1) is 4.90 Å². The van der Waals surface area contributed by atoms with Gasteiger partial charge in [-0.25, -0.2) is 8.42 Å². The number of alkyl halides is 2. The van der Waals surface area contributed by atoms with Crippen LogP contribution in [-0.4, -0.2) is 50.3 Å². The fourth-order valence-electron chi connectivity index (χ4n) is 4.48. The summed E-state index contributed by atoms with van der Waals surface area (Å²) in [6, 6.07) is 8.18. The summed E-state index contributed by atoms with van der Waals surface area (Å²) in [7, 11) is -1.96. The second kappa shape index (κ2) is 10.4. The highest BCUT2D eigenvalue weighted by Gasteiger charge is 2.35. The van der Waals surface area contributed by atoms with Gasteiger partial charge in [0.1, 0.15) is 5.75 Å². The number of piperidine rings is 1. The number of halogens is 2. The van der Waals surface area contributed by atoms with Gasteiger partial charge in [-0.05, 0) is 80.5 Å². The van der Waals surface area contributed by atoms with Crippen LogP contribution in [0.15, 0.2) is 35.2 Å². The molecule has 0 unspecified atom stereocenters. The molecule has 0 atom stereocenters. The second-order valence-corrected chi connectivity index (χ2v) is 10.9. The quantitative estimate of drug-likeness (QED) is 0.565. The normalized spacial score (nSPS) is 15.5. The van der Waals surface area contributed by atoms with E-state index in [1.807, 2.05) is 33.8 Å². The molecule has 0 saturated carbocycles. The van der Waals surface area contributed by atoms with Crippen LogP contribution in [0.5, 0.6) is 5.75 Å². The minimum absolute atomic E-state index is 0.0521. The van der Waals surface area contributed by atoms with Crippen LogP contribution in [0.4, 0.5) is 8.78 Å². The van der Waals surface area contributed by atoms with Gasteiger partial charge >= 0.3 is 6.61 Å². The lowest BCUT2D eigenvalue weighted by atomic mass is 9.96. The van der Waals surface area contributed by atoms with Crippen LogP contribution < -0.4 is 4.74 Å². The summed E-state index contributed by atoms with van der Waals surface area (Å²) in [5.74, 6) is -0.251. The van der Waals surface area contributed by atoms with Gasteiger partial charge in [-0.3, -0.25) is 4.79 Å². The molecule has 34 heavy (non-hydrogen) atoms. The highest BCUT2D eigenvalue weighted by Crippen LogP contribution is 2.31. The summed E-state index contributed by atoms with van der Waals surface area (Å²) in [6.45, 7) is 5.54. The van der Waals surface area contributed by atoms with Gasteiger partial charge in [-0.1, -0.05) is 18.2 Å². The maximum Gasteiger partial charge on any atom is 0.387 e. The van der Waals surface area contributed by atoms with Gasteiger partial charge in [0.2, 0.25) is 15.9 Å². The molecule has 6 nitrogen and oxygen atoms in total. The molecule has 2 aromatic rings. The van der Waals surface area contributed by atoms with Crippen LogP contribution in [0.25, 0.3) is 0 Å². The standard InChI is InChI=1S/C25H32F2N2O4S/c1-16-14-17(2)19(4)23(18(16)3)34(31,32)29-12-10-21(11-13-29)24(30)28(5)15-20-6-8-22(9-7-20)33-25(26)27/h6-9,14,21,25H,10-13,15H2,1-5H3. The van der Waals surface area contributed by atoms with Crippen molar-refractivity contribution in [3.8, 4) is 5.75 Å². The summed E-state index contributed by atoms with van der Waals surface area (Å²) in [5.41, 5.74) is 4.22. The second-order valence-electron chi connectivity index (χ2n) is 8.98. The molecule has 0 aliphatic carbocycles. The van der Waals surface area contributed by atoms with Crippen LogP contribution in [0.2, 0.25) is 0 Å². The Labute approximate surface area is 200 Å². The van der Waals surface area contributed by atoms with Gasteiger partial charge in [0.25, 0.3) is 0 Å². The third kappa shape index (κ3) is 5.58. The molecule has 9 heteroatoms. The molecular formula is C25H32F2N2O4S. The first-order valence-electron chi connectivity index (χ1n) is 11.3. The van der Waals surface area contributed by atoms with E-state index in [0.717, 1.165) is 27.8 Å².